The van der Waals surface area contributed by atoms with Crippen LogP contribution in [-0.2, 0) is 0 Å². The number of nitrogens with one attached hydrogen (secondary N) is 1. The second-order valence-corrected chi connectivity index (χ2v) is 5.43. The predicted octanol–water partition coefficient (Wildman–Crippen LogP) is 4.07. The predicted molar refractivity (Wildman–Crippen MR) is 84.5 cm³/mol. The van der Waals surface area contributed by atoms with Crippen LogP contribution in [0.15, 0.2) is 30.3 Å². The van der Waals surface area contributed by atoms with Gasteiger partial charge in [0.25, 0.3) is 0 Å². The van der Waals surface area contributed by atoms with Crippen molar-refractivity contribution < 1.29 is 9.13 Å². The Kier molecular flexibility index (Phi) is 4.63. The normalized spacial score (nSPS) is 12.3. The smallest absolute Gasteiger partial charge is 0.128 e. The molecule has 0 bridgehead atoms. The molecule has 0 saturated carbocycles. The summed E-state index contributed by atoms with van der Waals surface area (Å²) in [7, 11) is 3.52. The third-order valence-electron chi connectivity index (χ3n) is 3.78. The van der Waals surface area contributed by atoms with Crippen molar-refractivity contribution in [1.82, 2.24) is 5.32 Å². The first-order valence-corrected chi connectivity index (χ1v) is 7.06. The fourth-order valence-corrected chi connectivity index (χ4v) is 2.84. The lowest BCUT2D eigenvalue weighted by Gasteiger charge is -2.20. The summed E-state index contributed by atoms with van der Waals surface area (Å²) in [6.07, 6.45) is 0. The highest BCUT2D eigenvalue weighted by molar-refractivity contribution is 5.46. The summed E-state index contributed by atoms with van der Waals surface area (Å²) in [6.45, 7) is 5.91. The van der Waals surface area contributed by atoms with E-state index < -0.39 is 0 Å². The molecule has 3 heteroatoms. The molecule has 1 unspecified atom stereocenters. The van der Waals surface area contributed by atoms with Gasteiger partial charge in [-0.05, 0) is 56.1 Å². The molecule has 2 aromatic rings. The van der Waals surface area contributed by atoms with Crippen molar-refractivity contribution in [1.29, 1.82) is 0 Å². The number of benzene rings is 2. The zero-order chi connectivity index (χ0) is 15.6. The molecule has 1 atom stereocenters. The molecular weight excluding hydrogens is 265 g/mol. The van der Waals surface area contributed by atoms with Gasteiger partial charge >= 0.3 is 0 Å². The van der Waals surface area contributed by atoms with Crippen LogP contribution < -0.4 is 10.1 Å². The minimum absolute atomic E-state index is 0.172. The molecule has 0 radical (unpaired) electrons. The summed E-state index contributed by atoms with van der Waals surface area (Å²) >= 11 is 0. The van der Waals surface area contributed by atoms with Gasteiger partial charge in [-0.25, -0.2) is 4.39 Å². The van der Waals surface area contributed by atoms with E-state index in [0.29, 0.717) is 5.56 Å². The number of hydrogen-bond donors (Lipinski definition) is 1. The Labute approximate surface area is 126 Å². The van der Waals surface area contributed by atoms with Gasteiger partial charge in [0.2, 0.25) is 0 Å². The molecular formula is C18H22FNO. The van der Waals surface area contributed by atoms with Crippen LogP contribution in [-0.4, -0.2) is 14.2 Å². The van der Waals surface area contributed by atoms with E-state index in [4.69, 9.17) is 4.74 Å². The van der Waals surface area contributed by atoms with E-state index in [2.05, 4.69) is 5.32 Å². The number of halogens is 1. The average Bonchev–Trinajstić information content (AvgIpc) is 2.41. The van der Waals surface area contributed by atoms with Gasteiger partial charge in [-0.3, -0.25) is 0 Å². The van der Waals surface area contributed by atoms with E-state index in [9.17, 15) is 4.39 Å². The molecule has 0 amide bonds. The topological polar surface area (TPSA) is 21.3 Å². The third kappa shape index (κ3) is 3.08. The van der Waals surface area contributed by atoms with E-state index >= 15 is 0 Å². The summed E-state index contributed by atoms with van der Waals surface area (Å²) in [5.41, 5.74) is 4.73. The fraction of sp³-hybridized carbons (Fsp3) is 0.333. The van der Waals surface area contributed by atoms with Crippen molar-refractivity contribution in [3.63, 3.8) is 0 Å². The molecule has 2 rings (SSSR count). The van der Waals surface area contributed by atoms with Gasteiger partial charge < -0.3 is 10.1 Å². The zero-order valence-electron chi connectivity index (χ0n) is 13.3. The Morgan fingerprint density at radius 1 is 1.05 bits per heavy atom. The first-order valence-electron chi connectivity index (χ1n) is 7.06. The molecule has 1 N–H and O–H groups in total. The first-order chi connectivity index (χ1) is 9.97. The van der Waals surface area contributed by atoms with E-state index in [1.165, 1.54) is 0 Å². The van der Waals surface area contributed by atoms with Gasteiger partial charge in [-0.15, -0.1) is 0 Å². The molecule has 0 heterocycles. The summed E-state index contributed by atoms with van der Waals surface area (Å²) < 4.78 is 19.6. The molecule has 21 heavy (non-hydrogen) atoms. The van der Waals surface area contributed by atoms with Crippen LogP contribution in [0.3, 0.4) is 0 Å². The maximum absolute atomic E-state index is 14.3. The van der Waals surface area contributed by atoms with Crippen LogP contribution in [0.2, 0.25) is 0 Å². The van der Waals surface area contributed by atoms with Crippen molar-refractivity contribution in [3.05, 3.63) is 64.0 Å². The van der Waals surface area contributed by atoms with Gasteiger partial charge in [-0.2, -0.15) is 0 Å². The van der Waals surface area contributed by atoms with Crippen molar-refractivity contribution in [2.75, 3.05) is 14.2 Å². The summed E-state index contributed by atoms with van der Waals surface area (Å²) in [6, 6.07) is 9.28. The molecule has 0 aliphatic heterocycles. The Morgan fingerprint density at radius 3 is 2.14 bits per heavy atom. The Balaban J connectivity index is 2.51. The molecule has 112 valence electrons. The first kappa shape index (κ1) is 15.5. The van der Waals surface area contributed by atoms with E-state index in [0.717, 1.165) is 28.0 Å². The van der Waals surface area contributed by atoms with Crippen molar-refractivity contribution in [3.8, 4) is 5.75 Å². The highest BCUT2D eigenvalue weighted by atomic mass is 19.1. The molecule has 0 fully saturated rings. The number of methoxy groups -OCH3 is 1. The fourth-order valence-electron chi connectivity index (χ4n) is 2.84. The summed E-state index contributed by atoms with van der Waals surface area (Å²) in [4.78, 5) is 0. The second kappa shape index (κ2) is 6.27. The highest BCUT2D eigenvalue weighted by Gasteiger charge is 2.18. The van der Waals surface area contributed by atoms with E-state index in [-0.39, 0.29) is 11.9 Å². The minimum atomic E-state index is -0.180. The third-order valence-corrected chi connectivity index (χ3v) is 3.78. The number of rotatable bonds is 4. The second-order valence-electron chi connectivity index (χ2n) is 5.43. The van der Waals surface area contributed by atoms with Gasteiger partial charge in [0.1, 0.15) is 11.6 Å². The Hall–Kier alpha value is -1.87. The summed E-state index contributed by atoms with van der Waals surface area (Å²) in [5, 5.41) is 3.21. The van der Waals surface area contributed by atoms with E-state index in [1.807, 2.05) is 52.1 Å². The van der Waals surface area contributed by atoms with Crippen LogP contribution in [0.4, 0.5) is 4.39 Å². The van der Waals surface area contributed by atoms with Crippen LogP contribution in [0, 0.1) is 26.6 Å². The maximum atomic E-state index is 14.3. The molecule has 2 aromatic carbocycles. The summed E-state index contributed by atoms with van der Waals surface area (Å²) in [5.74, 6) is 0.707. The number of hydrogen-bond acceptors (Lipinski definition) is 2. The van der Waals surface area contributed by atoms with Crippen molar-refractivity contribution >= 4 is 0 Å². The highest BCUT2D eigenvalue weighted by Crippen LogP contribution is 2.31. The van der Waals surface area contributed by atoms with Gasteiger partial charge in [-0.1, -0.05) is 24.3 Å². The van der Waals surface area contributed by atoms with E-state index in [1.54, 1.807) is 13.2 Å². The van der Waals surface area contributed by atoms with Crippen LogP contribution in [0.1, 0.15) is 33.9 Å². The van der Waals surface area contributed by atoms with Gasteiger partial charge in [0.15, 0.2) is 0 Å². The largest absolute Gasteiger partial charge is 0.496 e. The maximum Gasteiger partial charge on any atom is 0.128 e. The average molecular weight is 287 g/mol. The lowest BCUT2D eigenvalue weighted by atomic mass is 9.94. The lowest BCUT2D eigenvalue weighted by Crippen LogP contribution is -2.19. The molecule has 0 aliphatic carbocycles. The quantitative estimate of drug-likeness (QED) is 0.915. The Morgan fingerprint density at radius 2 is 1.67 bits per heavy atom. The minimum Gasteiger partial charge on any atom is -0.496 e. The standard InChI is InChI=1S/C18H22FNO/c1-11-6-7-15(16(19)8-11)17(20-4)14-9-12(2)18(21-5)13(3)10-14/h6-10,17,20H,1-5H3. The van der Waals surface area contributed by atoms with Crippen molar-refractivity contribution in [2.24, 2.45) is 0 Å². The zero-order valence-corrected chi connectivity index (χ0v) is 13.3. The van der Waals surface area contributed by atoms with Crippen LogP contribution >= 0.6 is 0 Å². The molecule has 0 saturated heterocycles. The monoisotopic (exact) mass is 287 g/mol. The molecule has 0 spiro atoms. The van der Waals surface area contributed by atoms with Gasteiger partial charge in [0.05, 0.1) is 13.2 Å². The number of aryl methyl sites for hydroxylation is 3. The SMILES string of the molecule is CNC(c1cc(C)c(OC)c(C)c1)c1ccc(C)cc1F. The molecule has 2 nitrogen and oxygen atoms in total. The molecule has 0 aromatic heterocycles. The van der Waals surface area contributed by atoms with Crippen molar-refractivity contribution in [2.45, 2.75) is 26.8 Å². The molecule has 0 aliphatic rings. The van der Waals surface area contributed by atoms with Crippen LogP contribution in [0.25, 0.3) is 0 Å². The lowest BCUT2D eigenvalue weighted by molar-refractivity contribution is 0.408. The van der Waals surface area contributed by atoms with Crippen LogP contribution in [0.5, 0.6) is 5.75 Å². The number of ether oxygens (including phenoxy) is 1. The van der Waals surface area contributed by atoms with Gasteiger partial charge in [0, 0.05) is 5.56 Å². The Bertz CT molecular complexity index is 629.